The van der Waals surface area contributed by atoms with E-state index in [0.717, 1.165) is 4.90 Å². The van der Waals surface area contributed by atoms with Gasteiger partial charge in [-0.2, -0.15) is 0 Å². The molecule has 0 unspecified atom stereocenters. The largest absolute Gasteiger partial charge is 0.478 e. The molecule has 0 spiro atoms. The molecule has 1 aliphatic rings. The molecular weight excluding hydrogens is 270 g/mol. The van der Waals surface area contributed by atoms with Gasteiger partial charge in [0.1, 0.15) is 0 Å². The van der Waals surface area contributed by atoms with E-state index in [-0.39, 0.29) is 34.5 Å². The van der Waals surface area contributed by atoms with Crippen LogP contribution in [0.3, 0.4) is 0 Å². The first kappa shape index (κ1) is 13.5. The number of carbonyl (C=O) groups is 3. The highest BCUT2D eigenvalue weighted by atomic mass is 35.5. The second-order valence-electron chi connectivity index (χ2n) is 5.06. The molecular formula is C13H12ClNO4. The number of carboxylic acid groups (broad SMARTS) is 1. The molecule has 19 heavy (non-hydrogen) atoms. The number of benzene rings is 1. The first-order valence-corrected chi connectivity index (χ1v) is 6.02. The first-order chi connectivity index (χ1) is 8.74. The Labute approximate surface area is 114 Å². The number of halogens is 1. The van der Waals surface area contributed by atoms with Gasteiger partial charge >= 0.3 is 5.97 Å². The van der Waals surface area contributed by atoms with Gasteiger partial charge < -0.3 is 5.11 Å². The molecule has 0 bridgehead atoms. The number of hydrogen-bond donors (Lipinski definition) is 1. The molecule has 100 valence electrons. The molecule has 2 amide bonds. The minimum atomic E-state index is -1.20. The molecule has 6 heteroatoms. The maximum Gasteiger partial charge on any atom is 0.337 e. The molecule has 1 fully saturated rings. The molecule has 1 N–H and O–H groups in total. The second kappa shape index (κ2) is 4.35. The van der Waals surface area contributed by atoms with Gasteiger partial charge in [0.2, 0.25) is 11.8 Å². The Morgan fingerprint density at radius 2 is 2.00 bits per heavy atom. The van der Waals surface area contributed by atoms with E-state index in [1.807, 2.05) is 0 Å². The SMILES string of the molecule is CC1(C)CC(=O)N(c2ccc(Cl)c(C(=O)O)c2)C1=O. The van der Waals surface area contributed by atoms with E-state index in [1.165, 1.54) is 18.2 Å². The van der Waals surface area contributed by atoms with Crippen LogP contribution < -0.4 is 4.90 Å². The lowest BCUT2D eigenvalue weighted by Crippen LogP contribution is -2.33. The number of hydrogen-bond acceptors (Lipinski definition) is 3. The average Bonchev–Trinajstić information content (AvgIpc) is 2.49. The number of anilines is 1. The van der Waals surface area contributed by atoms with Crippen molar-refractivity contribution in [3.05, 3.63) is 28.8 Å². The van der Waals surface area contributed by atoms with E-state index in [4.69, 9.17) is 16.7 Å². The molecule has 2 rings (SSSR count). The zero-order chi connectivity index (χ0) is 14.4. The summed E-state index contributed by atoms with van der Waals surface area (Å²) in [5, 5.41) is 9.06. The topological polar surface area (TPSA) is 74.7 Å². The molecule has 0 saturated carbocycles. The zero-order valence-corrected chi connectivity index (χ0v) is 11.2. The van der Waals surface area contributed by atoms with Gasteiger partial charge in [-0.1, -0.05) is 25.4 Å². The summed E-state index contributed by atoms with van der Waals surface area (Å²) in [6.07, 6.45) is 0.108. The monoisotopic (exact) mass is 281 g/mol. The van der Waals surface area contributed by atoms with Crippen LogP contribution in [0, 0.1) is 5.41 Å². The minimum Gasteiger partial charge on any atom is -0.478 e. The molecule has 0 radical (unpaired) electrons. The predicted molar refractivity (Wildman–Crippen MR) is 69.3 cm³/mol. The van der Waals surface area contributed by atoms with Gasteiger partial charge in [0, 0.05) is 6.42 Å². The van der Waals surface area contributed by atoms with Crippen LogP contribution in [0.15, 0.2) is 18.2 Å². The van der Waals surface area contributed by atoms with Crippen molar-refractivity contribution in [2.75, 3.05) is 4.90 Å². The molecule has 1 saturated heterocycles. The molecule has 5 nitrogen and oxygen atoms in total. The molecule has 1 aromatic carbocycles. The number of nitrogens with zero attached hydrogens (tertiary/aromatic N) is 1. The number of amides is 2. The van der Waals surface area contributed by atoms with Crippen LogP contribution in [0.25, 0.3) is 0 Å². The maximum absolute atomic E-state index is 12.1. The number of aromatic carboxylic acids is 1. The van der Waals surface area contributed by atoms with Crippen LogP contribution in [0.5, 0.6) is 0 Å². The summed E-state index contributed by atoms with van der Waals surface area (Å²) in [4.78, 5) is 36.0. The van der Waals surface area contributed by atoms with Gasteiger partial charge in [-0.05, 0) is 18.2 Å². The summed E-state index contributed by atoms with van der Waals surface area (Å²) in [7, 11) is 0. The Hall–Kier alpha value is -1.88. The standard InChI is InChI=1S/C13H12ClNO4/c1-13(2)6-10(16)15(12(13)19)7-3-4-9(14)8(5-7)11(17)18/h3-5H,6H2,1-2H3,(H,17,18). The Balaban J connectivity index is 2.49. The fourth-order valence-electron chi connectivity index (χ4n) is 2.03. The van der Waals surface area contributed by atoms with Crippen LogP contribution in [0.1, 0.15) is 30.6 Å². The molecule has 0 atom stereocenters. The van der Waals surface area contributed by atoms with Crippen LogP contribution in [0.2, 0.25) is 5.02 Å². The van der Waals surface area contributed by atoms with Crippen molar-refractivity contribution in [1.82, 2.24) is 0 Å². The highest BCUT2D eigenvalue weighted by molar-refractivity contribution is 6.34. The van der Waals surface area contributed by atoms with E-state index >= 15 is 0 Å². The van der Waals surface area contributed by atoms with Crippen LogP contribution in [0.4, 0.5) is 5.69 Å². The zero-order valence-electron chi connectivity index (χ0n) is 10.4. The first-order valence-electron chi connectivity index (χ1n) is 5.64. The van der Waals surface area contributed by atoms with Crippen molar-refractivity contribution in [2.24, 2.45) is 5.41 Å². The van der Waals surface area contributed by atoms with Gasteiger partial charge in [-0.25, -0.2) is 4.79 Å². The van der Waals surface area contributed by atoms with Crippen molar-refractivity contribution in [2.45, 2.75) is 20.3 Å². The van der Waals surface area contributed by atoms with Gasteiger partial charge in [0.05, 0.1) is 21.7 Å². The van der Waals surface area contributed by atoms with E-state index in [9.17, 15) is 14.4 Å². The average molecular weight is 282 g/mol. The quantitative estimate of drug-likeness (QED) is 0.844. The normalized spacial score (nSPS) is 17.9. The molecule has 1 aromatic rings. The Morgan fingerprint density at radius 1 is 1.37 bits per heavy atom. The lowest BCUT2D eigenvalue weighted by Gasteiger charge is -2.18. The summed E-state index contributed by atoms with van der Waals surface area (Å²) < 4.78 is 0. The van der Waals surface area contributed by atoms with E-state index in [1.54, 1.807) is 13.8 Å². The number of carbonyl (C=O) groups excluding carboxylic acids is 2. The summed E-state index contributed by atoms with van der Waals surface area (Å²) >= 11 is 5.76. The van der Waals surface area contributed by atoms with E-state index in [0.29, 0.717) is 0 Å². The summed E-state index contributed by atoms with van der Waals surface area (Å²) in [6, 6.07) is 4.07. The summed E-state index contributed by atoms with van der Waals surface area (Å²) in [6.45, 7) is 3.36. The minimum absolute atomic E-state index is 0.0644. The lowest BCUT2D eigenvalue weighted by atomic mass is 9.92. The molecule has 1 aliphatic heterocycles. The van der Waals surface area contributed by atoms with Crippen LogP contribution >= 0.6 is 11.6 Å². The van der Waals surface area contributed by atoms with E-state index < -0.39 is 11.4 Å². The fourth-order valence-corrected chi connectivity index (χ4v) is 2.22. The molecule has 0 aliphatic carbocycles. The molecule has 1 heterocycles. The third-order valence-electron chi connectivity index (χ3n) is 3.06. The predicted octanol–water partition coefficient (Wildman–Crippen LogP) is 2.33. The smallest absolute Gasteiger partial charge is 0.337 e. The van der Waals surface area contributed by atoms with Gasteiger partial charge in [0.15, 0.2) is 0 Å². The number of carboxylic acids is 1. The molecule has 0 aromatic heterocycles. The summed E-state index contributed by atoms with van der Waals surface area (Å²) in [5.41, 5.74) is -0.660. The highest BCUT2D eigenvalue weighted by Gasteiger charge is 2.45. The van der Waals surface area contributed by atoms with Gasteiger partial charge in [-0.15, -0.1) is 0 Å². The van der Waals surface area contributed by atoms with Crippen LogP contribution in [-0.4, -0.2) is 22.9 Å². The lowest BCUT2D eigenvalue weighted by molar-refractivity contribution is -0.124. The van der Waals surface area contributed by atoms with Crippen molar-refractivity contribution >= 4 is 35.1 Å². The van der Waals surface area contributed by atoms with Crippen molar-refractivity contribution in [1.29, 1.82) is 0 Å². The van der Waals surface area contributed by atoms with Gasteiger partial charge in [0.25, 0.3) is 0 Å². The number of imide groups is 1. The van der Waals surface area contributed by atoms with E-state index in [2.05, 4.69) is 0 Å². The Morgan fingerprint density at radius 3 is 2.47 bits per heavy atom. The summed E-state index contributed by atoms with van der Waals surface area (Å²) in [5.74, 6) is -1.88. The third kappa shape index (κ3) is 2.21. The van der Waals surface area contributed by atoms with Crippen molar-refractivity contribution in [3.8, 4) is 0 Å². The fraction of sp³-hybridized carbons (Fsp3) is 0.308. The van der Waals surface area contributed by atoms with Crippen molar-refractivity contribution < 1.29 is 19.5 Å². The maximum atomic E-state index is 12.1. The van der Waals surface area contributed by atoms with Crippen LogP contribution in [-0.2, 0) is 9.59 Å². The van der Waals surface area contributed by atoms with Gasteiger partial charge in [-0.3, -0.25) is 14.5 Å². The third-order valence-corrected chi connectivity index (χ3v) is 3.39. The second-order valence-corrected chi connectivity index (χ2v) is 5.47. The Bertz CT molecular complexity index is 594. The highest BCUT2D eigenvalue weighted by Crippen LogP contribution is 2.36. The van der Waals surface area contributed by atoms with Crippen molar-refractivity contribution in [3.63, 3.8) is 0 Å². The Kier molecular flexibility index (Phi) is 3.10. The number of rotatable bonds is 2.